The Hall–Kier alpha value is -1.72. The summed E-state index contributed by atoms with van der Waals surface area (Å²) in [6, 6.07) is 4.77. The first-order chi connectivity index (χ1) is 8.79. The molecule has 1 amide bonds. The fourth-order valence-corrected chi connectivity index (χ4v) is 1.37. The van der Waals surface area contributed by atoms with Crippen LogP contribution in [0.2, 0.25) is 0 Å². The second-order valence-electron chi connectivity index (χ2n) is 4.63. The molecule has 19 heavy (non-hydrogen) atoms. The Balaban J connectivity index is 2.52. The van der Waals surface area contributed by atoms with E-state index in [1.165, 1.54) is 12.1 Å². The normalized spacial score (nSPS) is 11.5. The zero-order valence-corrected chi connectivity index (χ0v) is 10.8. The van der Waals surface area contributed by atoms with Gasteiger partial charge in [0.05, 0.1) is 12.1 Å². The van der Waals surface area contributed by atoms with Crippen LogP contribution in [0.1, 0.15) is 19.4 Å². The molecule has 0 aliphatic heterocycles. The molecule has 6 heteroatoms. The van der Waals surface area contributed by atoms with E-state index >= 15 is 0 Å². The van der Waals surface area contributed by atoms with E-state index in [2.05, 4.69) is 10.6 Å². The minimum atomic E-state index is -4.38. The standard InChI is InChI=1S/C13H17F3N2O/c1-9(2)7-18-12(19)8-17-11-5-3-4-10(6-11)13(14,15)16/h3-6,9,17H,7-8H2,1-2H3,(H,18,19). The highest BCUT2D eigenvalue weighted by Gasteiger charge is 2.30. The molecule has 0 spiro atoms. The van der Waals surface area contributed by atoms with E-state index < -0.39 is 11.7 Å². The van der Waals surface area contributed by atoms with E-state index in [0.29, 0.717) is 12.5 Å². The topological polar surface area (TPSA) is 41.1 Å². The van der Waals surface area contributed by atoms with Crippen molar-refractivity contribution in [3.63, 3.8) is 0 Å². The van der Waals surface area contributed by atoms with Crippen LogP contribution in [-0.4, -0.2) is 19.0 Å². The van der Waals surface area contributed by atoms with Crippen LogP contribution >= 0.6 is 0 Å². The largest absolute Gasteiger partial charge is 0.416 e. The summed E-state index contributed by atoms with van der Waals surface area (Å²) in [7, 11) is 0. The van der Waals surface area contributed by atoms with Crippen molar-refractivity contribution < 1.29 is 18.0 Å². The highest BCUT2D eigenvalue weighted by Crippen LogP contribution is 2.30. The lowest BCUT2D eigenvalue weighted by molar-refractivity contribution is -0.137. The third-order valence-corrected chi connectivity index (χ3v) is 2.35. The summed E-state index contributed by atoms with van der Waals surface area (Å²) in [5.41, 5.74) is -0.463. The van der Waals surface area contributed by atoms with E-state index in [1.807, 2.05) is 13.8 Å². The zero-order chi connectivity index (χ0) is 14.5. The van der Waals surface area contributed by atoms with Gasteiger partial charge in [0.1, 0.15) is 0 Å². The smallest absolute Gasteiger partial charge is 0.376 e. The molecule has 2 N–H and O–H groups in total. The Morgan fingerprint density at radius 1 is 1.32 bits per heavy atom. The van der Waals surface area contributed by atoms with Gasteiger partial charge in [0, 0.05) is 12.2 Å². The van der Waals surface area contributed by atoms with Gasteiger partial charge in [-0.1, -0.05) is 19.9 Å². The maximum Gasteiger partial charge on any atom is 0.416 e. The molecule has 0 saturated carbocycles. The quantitative estimate of drug-likeness (QED) is 0.866. The Labute approximate surface area is 110 Å². The summed E-state index contributed by atoms with van der Waals surface area (Å²) >= 11 is 0. The maximum absolute atomic E-state index is 12.5. The third-order valence-electron chi connectivity index (χ3n) is 2.35. The molecule has 3 nitrogen and oxygen atoms in total. The van der Waals surface area contributed by atoms with Gasteiger partial charge in [-0.3, -0.25) is 4.79 Å². The molecule has 0 heterocycles. The van der Waals surface area contributed by atoms with E-state index in [1.54, 1.807) is 0 Å². The first-order valence-corrected chi connectivity index (χ1v) is 5.97. The van der Waals surface area contributed by atoms with Crippen LogP contribution in [0, 0.1) is 5.92 Å². The number of carbonyl (C=O) groups excluding carboxylic acids is 1. The molecule has 0 fully saturated rings. The number of halogens is 3. The van der Waals surface area contributed by atoms with Crippen LogP contribution < -0.4 is 10.6 Å². The lowest BCUT2D eigenvalue weighted by Crippen LogP contribution is -2.32. The van der Waals surface area contributed by atoms with Crippen LogP contribution in [0.4, 0.5) is 18.9 Å². The van der Waals surface area contributed by atoms with Crippen molar-refractivity contribution in [2.75, 3.05) is 18.4 Å². The molecule has 1 aromatic carbocycles. The summed E-state index contributed by atoms with van der Waals surface area (Å²) in [4.78, 5) is 11.4. The van der Waals surface area contributed by atoms with E-state index in [4.69, 9.17) is 0 Å². The molecule has 0 unspecified atom stereocenters. The molecule has 0 saturated heterocycles. The molecule has 0 aliphatic carbocycles. The first-order valence-electron chi connectivity index (χ1n) is 5.97. The van der Waals surface area contributed by atoms with Crippen molar-refractivity contribution in [1.82, 2.24) is 5.32 Å². The van der Waals surface area contributed by atoms with Crippen molar-refractivity contribution in [3.8, 4) is 0 Å². The van der Waals surface area contributed by atoms with Crippen molar-refractivity contribution in [1.29, 1.82) is 0 Å². The summed E-state index contributed by atoms with van der Waals surface area (Å²) in [6.07, 6.45) is -4.38. The average Bonchev–Trinajstić information content (AvgIpc) is 2.33. The number of hydrogen-bond donors (Lipinski definition) is 2. The minimum Gasteiger partial charge on any atom is -0.376 e. The van der Waals surface area contributed by atoms with Crippen LogP contribution in [0.3, 0.4) is 0 Å². The van der Waals surface area contributed by atoms with Gasteiger partial charge in [0.2, 0.25) is 5.91 Å². The summed E-state index contributed by atoms with van der Waals surface area (Å²) in [5.74, 6) is 0.0867. The van der Waals surface area contributed by atoms with Crippen molar-refractivity contribution >= 4 is 11.6 Å². The average molecular weight is 274 g/mol. The van der Waals surface area contributed by atoms with Gasteiger partial charge in [-0.2, -0.15) is 13.2 Å². The van der Waals surface area contributed by atoms with Gasteiger partial charge in [-0.25, -0.2) is 0 Å². The van der Waals surface area contributed by atoms with Crippen LogP contribution in [0.5, 0.6) is 0 Å². The number of alkyl halides is 3. The number of carbonyl (C=O) groups is 1. The maximum atomic E-state index is 12.5. The molecule has 0 atom stereocenters. The van der Waals surface area contributed by atoms with Crippen molar-refractivity contribution in [2.45, 2.75) is 20.0 Å². The number of rotatable bonds is 5. The van der Waals surface area contributed by atoms with Gasteiger partial charge in [-0.05, 0) is 24.1 Å². The number of amides is 1. The Morgan fingerprint density at radius 2 is 2.00 bits per heavy atom. The molecule has 1 aromatic rings. The van der Waals surface area contributed by atoms with E-state index in [9.17, 15) is 18.0 Å². The number of benzene rings is 1. The zero-order valence-electron chi connectivity index (χ0n) is 10.8. The SMILES string of the molecule is CC(C)CNC(=O)CNc1cccc(C(F)(F)F)c1. The van der Waals surface area contributed by atoms with Gasteiger partial charge in [0.15, 0.2) is 0 Å². The Morgan fingerprint density at radius 3 is 2.58 bits per heavy atom. The van der Waals surface area contributed by atoms with Gasteiger partial charge >= 0.3 is 6.18 Å². The summed E-state index contributed by atoms with van der Waals surface area (Å²) < 4.78 is 37.4. The molecular formula is C13H17F3N2O. The van der Waals surface area contributed by atoms with E-state index in [-0.39, 0.29) is 18.1 Å². The number of nitrogens with one attached hydrogen (secondary N) is 2. The second-order valence-corrected chi connectivity index (χ2v) is 4.63. The highest BCUT2D eigenvalue weighted by molar-refractivity contribution is 5.80. The van der Waals surface area contributed by atoms with Gasteiger partial charge in [-0.15, -0.1) is 0 Å². The second kappa shape index (κ2) is 6.45. The molecule has 106 valence electrons. The fourth-order valence-electron chi connectivity index (χ4n) is 1.37. The van der Waals surface area contributed by atoms with Crippen molar-refractivity contribution in [2.24, 2.45) is 5.92 Å². The minimum absolute atomic E-state index is 0.0476. The lowest BCUT2D eigenvalue weighted by atomic mass is 10.2. The number of hydrogen-bond acceptors (Lipinski definition) is 2. The molecule has 0 aliphatic rings. The molecule has 0 aromatic heterocycles. The third kappa shape index (κ3) is 5.63. The molecule has 0 radical (unpaired) electrons. The first kappa shape index (κ1) is 15.3. The van der Waals surface area contributed by atoms with Crippen LogP contribution in [0.15, 0.2) is 24.3 Å². The van der Waals surface area contributed by atoms with E-state index in [0.717, 1.165) is 12.1 Å². The summed E-state index contributed by atoms with van der Waals surface area (Å²) in [6.45, 7) is 4.41. The predicted octanol–water partition coefficient (Wildman–Crippen LogP) is 2.89. The summed E-state index contributed by atoms with van der Waals surface area (Å²) in [5, 5.41) is 5.34. The monoisotopic (exact) mass is 274 g/mol. The van der Waals surface area contributed by atoms with Crippen molar-refractivity contribution in [3.05, 3.63) is 29.8 Å². The van der Waals surface area contributed by atoms with Gasteiger partial charge in [0.25, 0.3) is 0 Å². The lowest BCUT2D eigenvalue weighted by Gasteiger charge is -2.11. The number of anilines is 1. The van der Waals surface area contributed by atoms with Crippen LogP contribution in [-0.2, 0) is 11.0 Å². The highest BCUT2D eigenvalue weighted by atomic mass is 19.4. The molecule has 0 bridgehead atoms. The predicted molar refractivity (Wildman–Crippen MR) is 67.8 cm³/mol. The molecular weight excluding hydrogens is 257 g/mol. The fraction of sp³-hybridized carbons (Fsp3) is 0.462. The Kier molecular flexibility index (Phi) is 5.20. The van der Waals surface area contributed by atoms with Gasteiger partial charge < -0.3 is 10.6 Å². The Bertz CT molecular complexity index is 430. The van der Waals surface area contributed by atoms with Crippen LogP contribution in [0.25, 0.3) is 0 Å². The molecule has 1 rings (SSSR count).